The average molecular weight is 447 g/mol. The lowest BCUT2D eigenvalue weighted by atomic mass is 10.1. The van der Waals surface area contributed by atoms with Gasteiger partial charge in [0.25, 0.3) is 17.2 Å². The molecular weight excluding hydrogens is 425 g/mol. The van der Waals surface area contributed by atoms with E-state index in [4.69, 9.17) is 9.29 Å². The topological polar surface area (TPSA) is 117 Å². The Labute approximate surface area is 181 Å². The summed E-state index contributed by atoms with van der Waals surface area (Å²) in [6.07, 6.45) is 0.963. The van der Waals surface area contributed by atoms with Gasteiger partial charge in [-0.1, -0.05) is 0 Å². The summed E-state index contributed by atoms with van der Waals surface area (Å²) in [6.45, 7) is 1.91. The summed E-state index contributed by atoms with van der Waals surface area (Å²) in [5.74, 6) is -1.30. The van der Waals surface area contributed by atoms with E-state index in [2.05, 4.69) is 15.4 Å². The van der Waals surface area contributed by atoms with E-state index in [0.29, 0.717) is 41.1 Å². The molecule has 8 nitrogen and oxygen atoms in total. The quantitative estimate of drug-likeness (QED) is 0.365. The summed E-state index contributed by atoms with van der Waals surface area (Å²) < 4.78 is 40.3. The van der Waals surface area contributed by atoms with Crippen LogP contribution < -0.4 is 15.4 Å². The van der Waals surface area contributed by atoms with Crippen molar-refractivity contribution in [3.63, 3.8) is 0 Å². The molecule has 2 aromatic rings. The number of nitrogens with one attached hydrogen (secondary N) is 3. The van der Waals surface area contributed by atoms with E-state index in [0.717, 1.165) is 0 Å². The molecule has 0 aliphatic heterocycles. The first-order chi connectivity index (χ1) is 14.9. The molecule has 0 saturated carbocycles. The minimum Gasteiger partial charge on any atom is -0.463 e. The van der Waals surface area contributed by atoms with Gasteiger partial charge in [-0.05, 0) is 68.3 Å². The first kappa shape index (κ1) is 22.4. The molecule has 0 radical (unpaired) electrons. The molecule has 0 bridgehead atoms. The first-order valence-electron chi connectivity index (χ1n) is 9.58. The molecule has 0 heterocycles. The van der Waals surface area contributed by atoms with Gasteiger partial charge in [0.1, 0.15) is 5.82 Å². The minimum absolute atomic E-state index is 0.209. The van der Waals surface area contributed by atoms with E-state index < -0.39 is 23.1 Å². The van der Waals surface area contributed by atoms with Crippen LogP contribution in [0, 0.1) is 5.82 Å². The molecular formula is C21H22FN3O5S. The van der Waals surface area contributed by atoms with Crippen LogP contribution in [0.5, 0.6) is 0 Å². The lowest BCUT2D eigenvalue weighted by Gasteiger charge is -2.20. The predicted molar refractivity (Wildman–Crippen MR) is 115 cm³/mol. The summed E-state index contributed by atoms with van der Waals surface area (Å²) in [6, 6.07) is 11.4. The molecule has 2 aromatic carbocycles. The standard InChI is InChI=1S/C21H22FN3O5S/c1-2-30-21(27)17-11-12-18(23-15-9-5-14(22)6-10-15)19(17)24-20(26)13-3-7-16(8-4-13)25-31(28)29/h3-10,18,23,25H,2,11-12H2,1H3,(H,24,26)(H,28,29). The number of rotatable bonds is 8. The number of carbonyl (C=O) groups is 2. The molecule has 2 unspecified atom stereocenters. The van der Waals surface area contributed by atoms with Gasteiger partial charge in [0.15, 0.2) is 0 Å². The fourth-order valence-corrected chi connectivity index (χ4v) is 3.59. The number of anilines is 2. The maximum absolute atomic E-state index is 13.2. The number of ether oxygens (including phenoxy) is 1. The normalized spacial score (nSPS) is 16.5. The van der Waals surface area contributed by atoms with Crippen LogP contribution in [0.1, 0.15) is 30.1 Å². The smallest absolute Gasteiger partial charge is 0.335 e. The molecule has 0 aromatic heterocycles. The van der Waals surface area contributed by atoms with Gasteiger partial charge in [-0.25, -0.2) is 13.4 Å². The van der Waals surface area contributed by atoms with Crippen LogP contribution in [0.2, 0.25) is 0 Å². The highest BCUT2D eigenvalue weighted by molar-refractivity contribution is 7.80. The van der Waals surface area contributed by atoms with Gasteiger partial charge < -0.3 is 15.4 Å². The van der Waals surface area contributed by atoms with Gasteiger partial charge in [-0.15, -0.1) is 0 Å². The number of halogens is 1. The van der Waals surface area contributed by atoms with E-state index in [1.54, 1.807) is 19.1 Å². The van der Waals surface area contributed by atoms with Crippen LogP contribution in [-0.2, 0) is 20.8 Å². The SMILES string of the molecule is CCOC(=O)C1=C(NC(=O)c2ccc(NS(=O)O)cc2)C(Nc2ccc(F)cc2)CC1. The van der Waals surface area contributed by atoms with Crippen LogP contribution in [0.15, 0.2) is 59.8 Å². The Balaban J connectivity index is 1.81. The monoisotopic (exact) mass is 447 g/mol. The third-order valence-corrected chi connectivity index (χ3v) is 5.07. The molecule has 1 aliphatic carbocycles. The van der Waals surface area contributed by atoms with E-state index >= 15 is 0 Å². The molecule has 0 fully saturated rings. The molecule has 0 spiro atoms. The lowest BCUT2D eigenvalue weighted by Crippen LogP contribution is -2.33. The second-order valence-electron chi connectivity index (χ2n) is 6.74. The first-order valence-corrected chi connectivity index (χ1v) is 10.7. The summed E-state index contributed by atoms with van der Waals surface area (Å²) in [7, 11) is 0. The van der Waals surface area contributed by atoms with Crippen molar-refractivity contribution in [2.75, 3.05) is 16.6 Å². The highest BCUT2D eigenvalue weighted by Crippen LogP contribution is 2.29. The lowest BCUT2D eigenvalue weighted by molar-refractivity contribution is -0.138. The molecule has 31 heavy (non-hydrogen) atoms. The number of hydrogen-bond acceptors (Lipinski definition) is 5. The zero-order chi connectivity index (χ0) is 22.4. The Bertz CT molecular complexity index is 1010. The zero-order valence-corrected chi connectivity index (χ0v) is 17.5. The van der Waals surface area contributed by atoms with Crippen molar-refractivity contribution < 1.29 is 27.5 Å². The molecule has 0 saturated heterocycles. The minimum atomic E-state index is -2.22. The average Bonchev–Trinajstić information content (AvgIpc) is 3.12. The van der Waals surface area contributed by atoms with Crippen LogP contribution in [0.4, 0.5) is 15.8 Å². The Morgan fingerprint density at radius 3 is 2.39 bits per heavy atom. The maximum Gasteiger partial charge on any atom is 0.335 e. The van der Waals surface area contributed by atoms with Gasteiger partial charge in [0.2, 0.25) is 0 Å². The third kappa shape index (κ3) is 5.89. The van der Waals surface area contributed by atoms with E-state index in [-0.39, 0.29) is 18.5 Å². The Morgan fingerprint density at radius 1 is 1.13 bits per heavy atom. The zero-order valence-electron chi connectivity index (χ0n) is 16.7. The van der Waals surface area contributed by atoms with Crippen molar-refractivity contribution in [2.24, 2.45) is 0 Å². The molecule has 4 N–H and O–H groups in total. The molecule has 164 valence electrons. The van der Waals surface area contributed by atoms with Gasteiger partial charge in [-0.2, -0.15) is 0 Å². The Hall–Kier alpha value is -3.24. The maximum atomic E-state index is 13.2. The second kappa shape index (κ2) is 10.2. The number of carbonyl (C=O) groups excluding carboxylic acids is 2. The van der Waals surface area contributed by atoms with Crippen molar-refractivity contribution in [3.05, 3.63) is 71.2 Å². The number of benzene rings is 2. The molecule has 1 amide bonds. The van der Waals surface area contributed by atoms with Gasteiger partial charge in [0.05, 0.1) is 23.9 Å². The van der Waals surface area contributed by atoms with Gasteiger partial charge in [0, 0.05) is 16.9 Å². The highest BCUT2D eigenvalue weighted by atomic mass is 32.2. The summed E-state index contributed by atoms with van der Waals surface area (Å²) >= 11 is -2.22. The molecule has 2 atom stereocenters. The fraction of sp³-hybridized carbons (Fsp3) is 0.238. The highest BCUT2D eigenvalue weighted by Gasteiger charge is 2.31. The van der Waals surface area contributed by atoms with Crippen LogP contribution in [0.25, 0.3) is 0 Å². The van der Waals surface area contributed by atoms with Crippen molar-refractivity contribution in [2.45, 2.75) is 25.8 Å². The number of hydrogen-bond donors (Lipinski definition) is 4. The summed E-state index contributed by atoms with van der Waals surface area (Å²) in [4.78, 5) is 25.2. The van der Waals surface area contributed by atoms with E-state index in [9.17, 15) is 18.2 Å². The van der Waals surface area contributed by atoms with Gasteiger partial charge >= 0.3 is 5.97 Å². The van der Waals surface area contributed by atoms with E-state index in [1.165, 1.54) is 36.4 Å². The molecule has 10 heteroatoms. The van der Waals surface area contributed by atoms with Crippen molar-refractivity contribution >= 4 is 34.5 Å². The fourth-order valence-electron chi connectivity index (χ4n) is 3.25. The number of esters is 1. The molecule has 1 aliphatic rings. The second-order valence-corrected chi connectivity index (χ2v) is 7.44. The van der Waals surface area contributed by atoms with Crippen LogP contribution >= 0.6 is 0 Å². The Morgan fingerprint density at radius 2 is 1.77 bits per heavy atom. The summed E-state index contributed by atoms with van der Waals surface area (Å²) in [5, 5.41) is 6.01. The Kier molecular flexibility index (Phi) is 7.37. The van der Waals surface area contributed by atoms with Crippen molar-refractivity contribution in [1.82, 2.24) is 5.32 Å². The summed E-state index contributed by atoms with van der Waals surface area (Å²) in [5.41, 5.74) is 2.11. The third-order valence-electron chi connectivity index (χ3n) is 4.66. The largest absolute Gasteiger partial charge is 0.463 e. The van der Waals surface area contributed by atoms with E-state index in [1.807, 2.05) is 0 Å². The van der Waals surface area contributed by atoms with Gasteiger partial charge in [-0.3, -0.25) is 14.1 Å². The van der Waals surface area contributed by atoms with Crippen LogP contribution in [0.3, 0.4) is 0 Å². The molecule has 3 rings (SSSR count). The number of amides is 1. The predicted octanol–water partition coefficient (Wildman–Crippen LogP) is 3.20. The van der Waals surface area contributed by atoms with Crippen LogP contribution in [-0.4, -0.2) is 33.3 Å². The van der Waals surface area contributed by atoms with Crippen molar-refractivity contribution in [1.29, 1.82) is 0 Å². The van der Waals surface area contributed by atoms with Crippen molar-refractivity contribution in [3.8, 4) is 0 Å².